The number of fused-ring (bicyclic) bond motifs is 1. The van der Waals surface area contributed by atoms with Gasteiger partial charge in [0.05, 0.1) is 17.5 Å². The third-order valence-corrected chi connectivity index (χ3v) is 6.88. The average molecular weight is 520 g/mol. The number of halogens is 2. The highest BCUT2D eigenvalue weighted by molar-refractivity contribution is 5.99. The lowest BCUT2D eigenvalue weighted by atomic mass is 9.90. The van der Waals surface area contributed by atoms with Crippen molar-refractivity contribution in [1.29, 1.82) is 5.26 Å². The second-order valence-electron chi connectivity index (χ2n) is 9.67. The van der Waals surface area contributed by atoms with Gasteiger partial charge in [-0.2, -0.15) is 14.0 Å². The molecule has 1 heterocycles. The molecule has 0 unspecified atom stereocenters. The summed E-state index contributed by atoms with van der Waals surface area (Å²) in [6.07, 6.45) is 3.93. The van der Waals surface area contributed by atoms with E-state index in [9.17, 15) is 13.6 Å². The van der Waals surface area contributed by atoms with Gasteiger partial charge >= 0.3 is 6.61 Å². The first-order valence-corrected chi connectivity index (χ1v) is 12.5. The van der Waals surface area contributed by atoms with Crippen molar-refractivity contribution < 1.29 is 18.3 Å². The summed E-state index contributed by atoms with van der Waals surface area (Å²) in [6.45, 7) is 0.705. The molecule has 2 aromatic carbocycles. The fraction of sp³-hybridized carbons (Fsp3) is 0.345. The molecule has 9 heteroatoms. The molecule has 1 aliphatic rings. The molecule has 0 radical (unpaired) electrons. The van der Waals surface area contributed by atoms with Crippen LogP contribution in [0, 0.1) is 11.3 Å². The molecule has 7 nitrogen and oxygen atoms in total. The van der Waals surface area contributed by atoms with Crippen LogP contribution in [-0.2, 0) is 0 Å². The van der Waals surface area contributed by atoms with Crippen molar-refractivity contribution >= 4 is 22.4 Å². The van der Waals surface area contributed by atoms with Gasteiger partial charge in [-0.05, 0) is 69.4 Å². The zero-order valence-electron chi connectivity index (χ0n) is 21.5. The summed E-state index contributed by atoms with van der Waals surface area (Å²) in [5.74, 6) is -0.258. The zero-order valence-corrected chi connectivity index (χ0v) is 21.5. The summed E-state index contributed by atoms with van der Waals surface area (Å²) in [6, 6.07) is 16.5. The summed E-state index contributed by atoms with van der Waals surface area (Å²) in [4.78, 5) is 19.8. The minimum absolute atomic E-state index is 0.0412. The van der Waals surface area contributed by atoms with Gasteiger partial charge in [0, 0.05) is 35.2 Å². The highest BCUT2D eigenvalue weighted by Gasteiger charge is 2.24. The van der Waals surface area contributed by atoms with E-state index < -0.39 is 6.61 Å². The van der Waals surface area contributed by atoms with E-state index in [1.807, 2.05) is 18.2 Å². The molecule has 4 rings (SSSR count). The number of nitrogens with one attached hydrogen (secondary N) is 2. The molecule has 3 aromatic rings. The van der Waals surface area contributed by atoms with Gasteiger partial charge in [0.1, 0.15) is 11.4 Å². The van der Waals surface area contributed by atoms with E-state index in [2.05, 4.69) is 41.2 Å². The van der Waals surface area contributed by atoms with Crippen LogP contribution in [0.4, 0.5) is 14.5 Å². The summed E-state index contributed by atoms with van der Waals surface area (Å²) in [5, 5.41) is 16.6. The second kappa shape index (κ2) is 12.0. The maximum Gasteiger partial charge on any atom is 0.387 e. The fourth-order valence-corrected chi connectivity index (χ4v) is 4.79. The van der Waals surface area contributed by atoms with Gasteiger partial charge in [-0.1, -0.05) is 30.8 Å². The van der Waals surface area contributed by atoms with Crippen LogP contribution in [0.1, 0.15) is 36.2 Å². The normalized spacial score (nSPS) is 17.3. The molecule has 0 saturated heterocycles. The lowest BCUT2D eigenvalue weighted by Gasteiger charge is -2.32. The van der Waals surface area contributed by atoms with Crippen molar-refractivity contribution in [3.63, 3.8) is 0 Å². The minimum Gasteiger partial charge on any atom is -0.433 e. The minimum atomic E-state index is -3.01. The van der Waals surface area contributed by atoms with Gasteiger partial charge in [0.25, 0.3) is 5.91 Å². The Morgan fingerprint density at radius 2 is 1.92 bits per heavy atom. The van der Waals surface area contributed by atoms with Gasteiger partial charge in [-0.15, -0.1) is 0 Å². The second-order valence-corrected chi connectivity index (χ2v) is 9.67. The molecular weight excluding hydrogens is 488 g/mol. The number of amides is 1. The number of hydrogen-bond donors (Lipinski definition) is 2. The quantitative estimate of drug-likeness (QED) is 0.358. The number of anilines is 1. The van der Waals surface area contributed by atoms with Gasteiger partial charge in [0.15, 0.2) is 0 Å². The smallest absolute Gasteiger partial charge is 0.387 e. The van der Waals surface area contributed by atoms with Crippen LogP contribution in [0.5, 0.6) is 5.75 Å². The SMILES string of the molecule is C=C(C#N)CNc1c(OC(F)F)ccc2ccc(-c3cccc(C(=O)N[C@H]4CC[C@@H](N(C)C)CC4)n3)cc12. The maximum absolute atomic E-state index is 13.1. The number of hydrogen-bond acceptors (Lipinski definition) is 6. The number of nitrogens with zero attached hydrogens (tertiary/aromatic N) is 3. The fourth-order valence-electron chi connectivity index (χ4n) is 4.79. The lowest BCUT2D eigenvalue weighted by Crippen LogP contribution is -2.42. The third kappa shape index (κ3) is 6.45. The summed E-state index contributed by atoms with van der Waals surface area (Å²) in [7, 11) is 4.17. The van der Waals surface area contributed by atoms with Crippen LogP contribution >= 0.6 is 0 Å². The van der Waals surface area contributed by atoms with E-state index in [1.165, 1.54) is 6.07 Å². The maximum atomic E-state index is 13.1. The molecule has 1 amide bonds. The molecule has 1 aliphatic carbocycles. The molecule has 2 N–H and O–H groups in total. The van der Waals surface area contributed by atoms with E-state index in [1.54, 1.807) is 30.3 Å². The molecule has 1 fully saturated rings. The first kappa shape index (κ1) is 27.0. The number of alkyl halides is 2. The Labute approximate surface area is 221 Å². The van der Waals surface area contributed by atoms with Crippen LogP contribution in [-0.4, -0.2) is 55.1 Å². The standard InChI is InChI=1S/C29H31F2N5O2/c1-18(16-32)17-33-27-23-15-20(8-7-19(23)9-14-26(27)38-29(30)31)24-5-4-6-25(35-24)28(37)34-21-10-12-22(13-11-21)36(2)3/h4-9,14-15,21-22,29,33H,1,10-13,17H2,2-3H3,(H,34,37)/t21-,22+. The van der Waals surface area contributed by atoms with E-state index in [-0.39, 0.29) is 29.8 Å². The van der Waals surface area contributed by atoms with Crippen LogP contribution in [0.2, 0.25) is 0 Å². The monoisotopic (exact) mass is 519 g/mol. The summed E-state index contributed by atoms with van der Waals surface area (Å²) >= 11 is 0. The van der Waals surface area contributed by atoms with E-state index >= 15 is 0 Å². The number of benzene rings is 2. The lowest BCUT2D eigenvalue weighted by molar-refractivity contribution is -0.0492. The number of nitriles is 1. The molecule has 1 saturated carbocycles. The Kier molecular flexibility index (Phi) is 8.54. The first-order chi connectivity index (χ1) is 18.2. The van der Waals surface area contributed by atoms with Crippen LogP contribution in [0.15, 0.2) is 60.7 Å². The Balaban J connectivity index is 1.60. The van der Waals surface area contributed by atoms with Crippen molar-refractivity contribution in [2.24, 2.45) is 0 Å². The van der Waals surface area contributed by atoms with Crippen LogP contribution in [0.3, 0.4) is 0 Å². The zero-order chi connectivity index (χ0) is 27.2. The Bertz CT molecular complexity index is 1360. The van der Waals surface area contributed by atoms with Gasteiger partial charge in [-0.25, -0.2) is 4.98 Å². The van der Waals surface area contributed by atoms with E-state index in [0.29, 0.717) is 34.1 Å². The summed E-state index contributed by atoms with van der Waals surface area (Å²) in [5.41, 5.74) is 2.16. The number of aromatic nitrogens is 1. The predicted octanol–water partition coefficient (Wildman–Crippen LogP) is 5.60. The highest BCUT2D eigenvalue weighted by Crippen LogP contribution is 2.36. The number of carbonyl (C=O) groups excluding carboxylic acids is 1. The number of carbonyl (C=O) groups is 1. The van der Waals surface area contributed by atoms with Crippen LogP contribution < -0.4 is 15.4 Å². The molecule has 0 bridgehead atoms. The van der Waals surface area contributed by atoms with Gasteiger partial charge in [-0.3, -0.25) is 4.79 Å². The largest absolute Gasteiger partial charge is 0.433 e. The molecule has 1 aromatic heterocycles. The molecule has 38 heavy (non-hydrogen) atoms. The van der Waals surface area contributed by atoms with Crippen molar-refractivity contribution in [3.8, 4) is 23.1 Å². The predicted molar refractivity (Wildman–Crippen MR) is 144 cm³/mol. The molecular formula is C29H31F2N5O2. The topological polar surface area (TPSA) is 90.3 Å². The Hall–Kier alpha value is -4.03. The van der Waals surface area contributed by atoms with Crippen molar-refractivity contribution in [2.75, 3.05) is 26.0 Å². The van der Waals surface area contributed by atoms with Gasteiger partial charge in [0.2, 0.25) is 0 Å². The number of ether oxygens (including phenoxy) is 1. The van der Waals surface area contributed by atoms with Crippen LogP contribution in [0.25, 0.3) is 22.0 Å². The molecule has 0 atom stereocenters. The van der Waals surface area contributed by atoms with Crippen molar-refractivity contribution in [2.45, 2.75) is 44.4 Å². The van der Waals surface area contributed by atoms with E-state index in [0.717, 1.165) is 31.1 Å². The third-order valence-electron chi connectivity index (χ3n) is 6.88. The number of pyridine rings is 1. The Morgan fingerprint density at radius 3 is 2.61 bits per heavy atom. The molecule has 198 valence electrons. The van der Waals surface area contributed by atoms with Crippen molar-refractivity contribution in [3.05, 3.63) is 66.4 Å². The van der Waals surface area contributed by atoms with E-state index in [4.69, 9.17) is 10.00 Å². The number of rotatable bonds is 9. The van der Waals surface area contributed by atoms with Gasteiger partial charge < -0.3 is 20.3 Å². The van der Waals surface area contributed by atoms with Crippen molar-refractivity contribution in [1.82, 2.24) is 15.2 Å². The Morgan fingerprint density at radius 1 is 1.18 bits per heavy atom. The molecule has 0 aliphatic heterocycles. The average Bonchev–Trinajstić information content (AvgIpc) is 2.92. The summed E-state index contributed by atoms with van der Waals surface area (Å²) < 4.78 is 30.9. The molecule has 0 spiro atoms. The first-order valence-electron chi connectivity index (χ1n) is 12.5. The highest BCUT2D eigenvalue weighted by atomic mass is 19.3.